The van der Waals surface area contributed by atoms with E-state index in [0.717, 1.165) is 19.2 Å². The molecular weight excluding hydrogens is 309 g/mol. The van der Waals surface area contributed by atoms with Crippen LogP contribution in [0.4, 0.5) is 19.4 Å². The zero-order valence-corrected chi connectivity index (χ0v) is 12.9. The number of halogens is 5. The van der Waals surface area contributed by atoms with Gasteiger partial charge in [0.1, 0.15) is 4.90 Å². The van der Waals surface area contributed by atoms with Crippen LogP contribution in [0.25, 0.3) is 0 Å². The summed E-state index contributed by atoms with van der Waals surface area (Å²) in [5.74, 6) is -0.0834. The Labute approximate surface area is 121 Å². The number of rotatable bonds is 3. The fraction of sp³-hybridized carbons (Fsp3) is 0.571. The summed E-state index contributed by atoms with van der Waals surface area (Å²) in [7, 11) is -9.58. The lowest BCUT2D eigenvalue weighted by Gasteiger charge is -2.41. The van der Waals surface area contributed by atoms with Gasteiger partial charge in [-0.1, -0.05) is 31.6 Å². The fourth-order valence-corrected chi connectivity index (χ4v) is 3.45. The molecule has 0 saturated carbocycles. The van der Waals surface area contributed by atoms with Gasteiger partial charge in [-0.15, -0.1) is 0 Å². The van der Waals surface area contributed by atoms with Crippen LogP contribution >= 0.6 is 10.2 Å². The zero-order valence-electron chi connectivity index (χ0n) is 12.0. The molecule has 0 bridgehead atoms. The van der Waals surface area contributed by atoms with Gasteiger partial charge in [0.15, 0.2) is 0 Å². The quantitative estimate of drug-likeness (QED) is 0.621. The van der Waals surface area contributed by atoms with E-state index in [0.29, 0.717) is 36.6 Å². The van der Waals surface area contributed by atoms with Crippen LogP contribution in [0.2, 0.25) is 0 Å². The molecular formula is C14H20F5NS. The average Bonchev–Trinajstić information content (AvgIpc) is 2.36. The third-order valence-corrected chi connectivity index (χ3v) is 5.18. The van der Waals surface area contributed by atoms with Crippen LogP contribution in [0.5, 0.6) is 0 Å². The zero-order chi connectivity index (χ0) is 16.0. The van der Waals surface area contributed by atoms with Crippen LogP contribution < -0.4 is 0 Å². The maximum Gasteiger partial charge on any atom is 0.310 e. The van der Waals surface area contributed by atoms with Crippen molar-refractivity contribution in [2.24, 2.45) is 0 Å². The lowest BCUT2D eigenvalue weighted by atomic mass is 9.89. The summed E-state index contributed by atoms with van der Waals surface area (Å²) in [6, 6.07) is 4.09. The largest absolute Gasteiger partial charge is 0.310 e. The van der Waals surface area contributed by atoms with E-state index in [1.54, 1.807) is 0 Å². The highest BCUT2D eigenvalue weighted by molar-refractivity contribution is 8.45. The first-order valence-corrected chi connectivity index (χ1v) is 8.90. The van der Waals surface area contributed by atoms with Crippen molar-refractivity contribution in [1.29, 1.82) is 0 Å². The molecule has 1 aromatic carbocycles. The van der Waals surface area contributed by atoms with E-state index in [9.17, 15) is 19.4 Å². The summed E-state index contributed by atoms with van der Waals surface area (Å²) in [6.45, 7) is 5.69. The van der Waals surface area contributed by atoms with Gasteiger partial charge in [-0.3, -0.25) is 0 Å². The molecule has 7 heteroatoms. The number of nitrogens with zero attached hydrogens (tertiary/aromatic N) is 1. The van der Waals surface area contributed by atoms with Gasteiger partial charge in [-0.05, 0) is 63.4 Å². The van der Waals surface area contributed by atoms with Gasteiger partial charge in [0.25, 0.3) is 0 Å². The van der Waals surface area contributed by atoms with E-state index in [4.69, 9.17) is 0 Å². The Morgan fingerprint density at radius 3 is 2.10 bits per heavy atom. The SMILES string of the molecule is CC(C)N1CCC(c2cccc(S(F)(F)(F)(F)F)c2)CC1. The molecule has 1 nitrogen and oxygen atoms in total. The topological polar surface area (TPSA) is 3.24 Å². The van der Waals surface area contributed by atoms with Crippen molar-refractivity contribution in [3.63, 3.8) is 0 Å². The molecule has 1 heterocycles. The second kappa shape index (κ2) is 4.59. The second-order valence-corrected chi connectivity index (χ2v) is 8.35. The standard InChI is InChI=1S/C14H20F5NS/c1-11(2)20-8-6-12(7-9-20)13-4-3-5-14(10-13)21(15,16,17,18)19/h3-5,10-12H,6-9H2,1-2H3. The first kappa shape index (κ1) is 16.5. The van der Waals surface area contributed by atoms with E-state index in [1.807, 2.05) is 0 Å². The highest BCUT2D eigenvalue weighted by Crippen LogP contribution is 3.02. The van der Waals surface area contributed by atoms with Crippen molar-refractivity contribution in [3.05, 3.63) is 29.8 Å². The predicted molar refractivity (Wildman–Crippen MR) is 76.5 cm³/mol. The molecule has 0 N–H and O–H groups in total. The molecule has 0 radical (unpaired) electrons. The van der Waals surface area contributed by atoms with E-state index in [2.05, 4.69) is 18.7 Å². The minimum absolute atomic E-state index is 0.0834. The number of hydrogen-bond donors (Lipinski definition) is 0. The van der Waals surface area contributed by atoms with Gasteiger partial charge in [0, 0.05) is 6.04 Å². The van der Waals surface area contributed by atoms with Gasteiger partial charge in [0.05, 0.1) is 0 Å². The van der Waals surface area contributed by atoms with Crippen LogP contribution in [-0.2, 0) is 0 Å². The monoisotopic (exact) mass is 329 g/mol. The molecule has 2 rings (SSSR count). The third kappa shape index (κ3) is 4.10. The molecule has 0 spiro atoms. The first-order valence-electron chi connectivity index (χ1n) is 6.95. The van der Waals surface area contributed by atoms with Crippen LogP contribution in [0.1, 0.15) is 38.2 Å². The molecule has 0 amide bonds. The van der Waals surface area contributed by atoms with E-state index < -0.39 is 15.1 Å². The van der Waals surface area contributed by atoms with Gasteiger partial charge in [0.2, 0.25) is 0 Å². The lowest BCUT2D eigenvalue weighted by molar-refractivity contribution is 0.172. The molecule has 21 heavy (non-hydrogen) atoms. The van der Waals surface area contributed by atoms with Crippen molar-refractivity contribution in [1.82, 2.24) is 4.90 Å². The van der Waals surface area contributed by atoms with E-state index in [-0.39, 0.29) is 5.92 Å². The van der Waals surface area contributed by atoms with Gasteiger partial charge in [-0.25, -0.2) is 0 Å². The van der Waals surface area contributed by atoms with E-state index in [1.165, 1.54) is 6.07 Å². The van der Waals surface area contributed by atoms with Crippen molar-refractivity contribution < 1.29 is 19.4 Å². The maximum atomic E-state index is 12.9. The average molecular weight is 329 g/mol. The highest BCUT2D eigenvalue weighted by atomic mass is 32.5. The second-order valence-electron chi connectivity index (χ2n) is 5.95. The molecule has 1 fully saturated rings. The number of piperidine rings is 1. The number of hydrogen-bond acceptors (Lipinski definition) is 1. The van der Waals surface area contributed by atoms with Crippen molar-refractivity contribution in [2.75, 3.05) is 13.1 Å². The molecule has 0 unspecified atom stereocenters. The van der Waals surface area contributed by atoms with Crippen LogP contribution in [-0.4, -0.2) is 24.0 Å². The molecule has 0 atom stereocenters. The highest BCUT2D eigenvalue weighted by Gasteiger charge is 2.65. The Bertz CT molecular complexity index is 517. The van der Waals surface area contributed by atoms with Crippen molar-refractivity contribution >= 4 is 10.2 Å². The Morgan fingerprint density at radius 2 is 1.62 bits per heavy atom. The summed E-state index contributed by atoms with van der Waals surface area (Å²) in [5, 5.41) is 0. The molecule has 1 aliphatic rings. The summed E-state index contributed by atoms with van der Waals surface area (Å²) in [5.41, 5.74) is 0.365. The van der Waals surface area contributed by atoms with Gasteiger partial charge in [-0.2, -0.15) is 0 Å². The Balaban J connectivity index is 2.21. The van der Waals surface area contributed by atoms with Crippen LogP contribution in [0.15, 0.2) is 29.2 Å². The summed E-state index contributed by atoms with van der Waals surface area (Å²) >= 11 is 0. The maximum absolute atomic E-state index is 12.9. The smallest absolute Gasteiger partial charge is 0.301 e. The van der Waals surface area contributed by atoms with E-state index >= 15 is 0 Å². The lowest BCUT2D eigenvalue weighted by Crippen LogP contribution is -2.37. The predicted octanol–water partition coefficient (Wildman–Crippen LogP) is 5.93. The van der Waals surface area contributed by atoms with Gasteiger partial charge >= 0.3 is 10.2 Å². The normalized spacial score (nSPS) is 22.1. The molecule has 0 aliphatic carbocycles. The minimum atomic E-state index is -9.58. The van der Waals surface area contributed by atoms with Crippen LogP contribution in [0, 0.1) is 0 Å². The van der Waals surface area contributed by atoms with Crippen molar-refractivity contribution in [2.45, 2.75) is 43.5 Å². The van der Waals surface area contributed by atoms with Crippen molar-refractivity contribution in [3.8, 4) is 0 Å². The molecule has 1 aliphatic heterocycles. The molecule has 0 aromatic heterocycles. The number of likely N-dealkylation sites (tertiary alicyclic amines) is 1. The fourth-order valence-electron chi connectivity index (χ4n) is 2.76. The molecule has 1 saturated heterocycles. The minimum Gasteiger partial charge on any atom is -0.301 e. The first-order chi connectivity index (χ1) is 9.36. The summed E-state index contributed by atoms with van der Waals surface area (Å²) in [6.07, 6.45) is 1.39. The van der Waals surface area contributed by atoms with Gasteiger partial charge < -0.3 is 4.90 Å². The molecule has 1 aromatic rings. The summed E-state index contributed by atoms with van der Waals surface area (Å²) in [4.78, 5) is 0.462. The Kier molecular flexibility index (Phi) is 3.61. The van der Waals surface area contributed by atoms with Crippen LogP contribution in [0.3, 0.4) is 0 Å². The molecule has 122 valence electrons. The summed E-state index contributed by atoms with van der Waals surface area (Å²) < 4.78 is 64.3. The number of benzene rings is 1. The third-order valence-electron chi connectivity index (χ3n) is 4.03. The Hall–Kier alpha value is -0.820. The Morgan fingerprint density at radius 1 is 1.05 bits per heavy atom.